The molecule has 0 aliphatic heterocycles. The average molecular weight is 415 g/mol. The van der Waals surface area contributed by atoms with Crippen LogP contribution >= 0.6 is 11.6 Å². The molecule has 154 valence electrons. The highest BCUT2D eigenvalue weighted by molar-refractivity contribution is 6.31. The predicted octanol–water partition coefficient (Wildman–Crippen LogP) is 5.12. The third kappa shape index (κ3) is 5.97. The van der Waals surface area contributed by atoms with Gasteiger partial charge in [-0.1, -0.05) is 36.9 Å². The van der Waals surface area contributed by atoms with E-state index in [1.54, 1.807) is 43.3 Å². The molecule has 0 unspecified atom stereocenters. The standard InChI is InChI=1S/C23H27ClN2O3/c1-15-8-11-18(24)14-21(15)26-22(27)16(2)29-20-12-9-17(10-13-20)23(28)25-19-6-4-3-5-7-19/h8-14,16,19H,3-7H2,1-2H3,(H,25,28)(H,26,27)/t16-/m1/s1. The minimum atomic E-state index is -0.699. The molecule has 29 heavy (non-hydrogen) atoms. The summed E-state index contributed by atoms with van der Waals surface area (Å²) in [5.41, 5.74) is 2.17. The molecule has 1 aliphatic carbocycles. The Morgan fingerprint density at radius 2 is 1.76 bits per heavy atom. The Balaban J connectivity index is 1.54. The maximum Gasteiger partial charge on any atom is 0.265 e. The number of aryl methyl sites for hydroxylation is 1. The Kier molecular flexibility index (Phi) is 7.15. The second-order valence-electron chi connectivity index (χ2n) is 7.54. The van der Waals surface area contributed by atoms with Crippen molar-refractivity contribution in [2.45, 2.75) is 58.1 Å². The number of ether oxygens (including phenoxy) is 1. The van der Waals surface area contributed by atoms with Gasteiger partial charge in [0.1, 0.15) is 5.75 Å². The molecule has 2 amide bonds. The lowest BCUT2D eigenvalue weighted by Crippen LogP contribution is -2.36. The fourth-order valence-electron chi connectivity index (χ4n) is 3.42. The number of rotatable bonds is 6. The normalized spacial score (nSPS) is 15.4. The zero-order chi connectivity index (χ0) is 20.8. The van der Waals surface area contributed by atoms with Crippen molar-refractivity contribution >= 4 is 29.1 Å². The van der Waals surface area contributed by atoms with Gasteiger partial charge in [-0.05, 0) is 68.7 Å². The Hall–Kier alpha value is -2.53. The van der Waals surface area contributed by atoms with Crippen molar-refractivity contribution < 1.29 is 14.3 Å². The SMILES string of the molecule is Cc1ccc(Cl)cc1NC(=O)[C@@H](C)Oc1ccc(C(=O)NC2CCCCC2)cc1. The molecule has 6 heteroatoms. The van der Waals surface area contributed by atoms with Crippen LogP contribution in [0.25, 0.3) is 0 Å². The maximum absolute atomic E-state index is 12.4. The Labute approximate surface area is 176 Å². The molecular weight excluding hydrogens is 388 g/mol. The summed E-state index contributed by atoms with van der Waals surface area (Å²) in [4.78, 5) is 24.8. The van der Waals surface area contributed by atoms with E-state index in [9.17, 15) is 9.59 Å². The van der Waals surface area contributed by atoms with Crippen LogP contribution in [0.4, 0.5) is 5.69 Å². The van der Waals surface area contributed by atoms with Gasteiger partial charge in [-0.25, -0.2) is 0 Å². The van der Waals surface area contributed by atoms with E-state index in [-0.39, 0.29) is 17.9 Å². The van der Waals surface area contributed by atoms with Crippen molar-refractivity contribution in [1.82, 2.24) is 5.32 Å². The summed E-state index contributed by atoms with van der Waals surface area (Å²) in [6.45, 7) is 3.58. The molecule has 1 aliphatic rings. The first-order chi connectivity index (χ1) is 13.9. The van der Waals surface area contributed by atoms with Crippen LogP contribution in [0.1, 0.15) is 54.9 Å². The number of halogens is 1. The lowest BCUT2D eigenvalue weighted by atomic mass is 9.95. The Morgan fingerprint density at radius 3 is 2.45 bits per heavy atom. The first kappa shape index (κ1) is 21.2. The maximum atomic E-state index is 12.4. The summed E-state index contributed by atoms with van der Waals surface area (Å²) in [5, 5.41) is 6.49. The molecule has 5 nitrogen and oxygen atoms in total. The zero-order valence-electron chi connectivity index (χ0n) is 16.8. The molecule has 2 N–H and O–H groups in total. The summed E-state index contributed by atoms with van der Waals surface area (Å²) in [6, 6.07) is 12.5. The van der Waals surface area contributed by atoms with Gasteiger partial charge in [0.15, 0.2) is 6.10 Å². The predicted molar refractivity (Wildman–Crippen MR) is 116 cm³/mol. The smallest absolute Gasteiger partial charge is 0.265 e. The van der Waals surface area contributed by atoms with Gasteiger partial charge in [-0.3, -0.25) is 9.59 Å². The first-order valence-corrected chi connectivity index (χ1v) is 10.4. The van der Waals surface area contributed by atoms with Gasteiger partial charge in [0.05, 0.1) is 0 Å². The average Bonchev–Trinajstić information content (AvgIpc) is 2.72. The lowest BCUT2D eigenvalue weighted by Gasteiger charge is -2.22. The summed E-state index contributed by atoms with van der Waals surface area (Å²) >= 11 is 6.00. The molecule has 0 bridgehead atoms. The number of carbonyl (C=O) groups excluding carboxylic acids is 2. The summed E-state index contributed by atoms with van der Waals surface area (Å²) in [7, 11) is 0. The number of anilines is 1. The first-order valence-electron chi connectivity index (χ1n) is 10.1. The summed E-state index contributed by atoms with van der Waals surface area (Å²) in [5.74, 6) is 0.199. The summed E-state index contributed by atoms with van der Waals surface area (Å²) in [6.07, 6.45) is 4.99. The van der Waals surface area contributed by atoms with Gasteiger partial charge in [0.25, 0.3) is 11.8 Å². The largest absolute Gasteiger partial charge is 0.481 e. The van der Waals surface area contributed by atoms with Crippen molar-refractivity contribution in [3.8, 4) is 5.75 Å². The van der Waals surface area contributed by atoms with Crippen molar-refractivity contribution in [1.29, 1.82) is 0 Å². The number of hydrogen-bond donors (Lipinski definition) is 2. The number of carbonyl (C=O) groups is 2. The molecule has 0 saturated heterocycles. The highest BCUT2D eigenvalue weighted by atomic mass is 35.5. The third-order valence-corrected chi connectivity index (χ3v) is 5.43. The molecule has 0 spiro atoms. The monoisotopic (exact) mass is 414 g/mol. The number of nitrogens with one attached hydrogen (secondary N) is 2. The molecule has 1 atom stereocenters. The van der Waals surface area contributed by atoms with E-state index in [0.29, 0.717) is 22.0 Å². The van der Waals surface area contributed by atoms with Gasteiger partial charge in [0.2, 0.25) is 0 Å². The highest BCUT2D eigenvalue weighted by Crippen LogP contribution is 2.22. The Bertz CT molecular complexity index is 861. The van der Waals surface area contributed by atoms with E-state index in [2.05, 4.69) is 10.6 Å². The van der Waals surface area contributed by atoms with Crippen molar-refractivity contribution in [2.24, 2.45) is 0 Å². The topological polar surface area (TPSA) is 67.4 Å². The van der Waals surface area contributed by atoms with Crippen LogP contribution in [0, 0.1) is 6.92 Å². The molecule has 2 aromatic rings. The number of amides is 2. The van der Waals surface area contributed by atoms with E-state index >= 15 is 0 Å². The highest BCUT2D eigenvalue weighted by Gasteiger charge is 2.18. The molecule has 2 aromatic carbocycles. The second-order valence-corrected chi connectivity index (χ2v) is 7.98. The van der Waals surface area contributed by atoms with Crippen LogP contribution in [0.5, 0.6) is 5.75 Å². The lowest BCUT2D eigenvalue weighted by molar-refractivity contribution is -0.122. The molecule has 0 heterocycles. The van der Waals surface area contributed by atoms with Crippen LogP contribution in [-0.4, -0.2) is 24.0 Å². The van der Waals surface area contributed by atoms with Crippen molar-refractivity contribution in [3.05, 3.63) is 58.6 Å². The quantitative estimate of drug-likeness (QED) is 0.689. The van der Waals surface area contributed by atoms with E-state index in [4.69, 9.17) is 16.3 Å². The van der Waals surface area contributed by atoms with Crippen LogP contribution < -0.4 is 15.4 Å². The van der Waals surface area contributed by atoms with Gasteiger partial charge in [-0.2, -0.15) is 0 Å². The molecule has 0 aromatic heterocycles. The van der Waals surface area contributed by atoms with Crippen LogP contribution in [0.2, 0.25) is 5.02 Å². The fraction of sp³-hybridized carbons (Fsp3) is 0.391. The van der Waals surface area contributed by atoms with Crippen LogP contribution in [-0.2, 0) is 4.79 Å². The van der Waals surface area contributed by atoms with Crippen molar-refractivity contribution in [2.75, 3.05) is 5.32 Å². The molecule has 0 radical (unpaired) electrons. The second kappa shape index (κ2) is 9.79. The van der Waals surface area contributed by atoms with Crippen LogP contribution in [0.15, 0.2) is 42.5 Å². The molecular formula is C23H27ClN2O3. The fourth-order valence-corrected chi connectivity index (χ4v) is 3.59. The van der Waals surface area contributed by atoms with Gasteiger partial charge in [-0.15, -0.1) is 0 Å². The van der Waals surface area contributed by atoms with E-state index in [0.717, 1.165) is 18.4 Å². The van der Waals surface area contributed by atoms with Gasteiger partial charge in [0, 0.05) is 22.3 Å². The van der Waals surface area contributed by atoms with E-state index < -0.39 is 6.10 Å². The summed E-state index contributed by atoms with van der Waals surface area (Å²) < 4.78 is 5.73. The van der Waals surface area contributed by atoms with Crippen molar-refractivity contribution in [3.63, 3.8) is 0 Å². The van der Waals surface area contributed by atoms with E-state index in [1.165, 1.54) is 19.3 Å². The van der Waals surface area contributed by atoms with Gasteiger partial charge < -0.3 is 15.4 Å². The van der Waals surface area contributed by atoms with Crippen LogP contribution in [0.3, 0.4) is 0 Å². The zero-order valence-corrected chi connectivity index (χ0v) is 17.6. The molecule has 1 fully saturated rings. The minimum Gasteiger partial charge on any atom is -0.481 e. The molecule has 3 rings (SSSR count). The third-order valence-electron chi connectivity index (χ3n) is 5.20. The molecule has 1 saturated carbocycles. The number of benzene rings is 2. The minimum absolute atomic E-state index is 0.0642. The Morgan fingerprint density at radius 1 is 1.07 bits per heavy atom. The number of hydrogen-bond acceptors (Lipinski definition) is 3. The van der Waals surface area contributed by atoms with Gasteiger partial charge >= 0.3 is 0 Å². The van der Waals surface area contributed by atoms with E-state index in [1.807, 2.05) is 13.0 Å².